The Morgan fingerprint density at radius 1 is 1.03 bits per heavy atom. The van der Waals surface area contributed by atoms with Crippen LogP contribution in [0.2, 0.25) is 0 Å². The van der Waals surface area contributed by atoms with Crippen LogP contribution in [0.15, 0.2) is 11.7 Å². The normalized spacial score (nSPS) is 15.7. The Morgan fingerprint density at radius 2 is 1.66 bits per heavy atom. The van der Waals surface area contributed by atoms with Crippen LogP contribution < -0.4 is 22.7 Å². The number of phosphoric acid groups is 3. The molecule has 2 rings (SSSR count). The Labute approximate surface area is 208 Å². The van der Waals surface area contributed by atoms with Crippen molar-refractivity contribution in [3.8, 4) is 0 Å². The van der Waals surface area contributed by atoms with Crippen molar-refractivity contribution in [1.29, 1.82) is 0 Å². The molecular weight excluding hydrogens is 600 g/mol. The minimum atomic E-state index is -5.71. The van der Waals surface area contributed by atoms with E-state index >= 15 is 0 Å². The summed E-state index contributed by atoms with van der Waals surface area (Å²) in [4.78, 5) is 53.0. The van der Waals surface area contributed by atoms with Crippen LogP contribution in [0.4, 0.5) is 5.82 Å². The third-order valence-electron chi connectivity index (χ3n) is 3.81. The molecule has 2 aromatic rings. The molecule has 0 aliphatic rings. The molecule has 2 atom stereocenters. The van der Waals surface area contributed by atoms with Crippen LogP contribution in [0, 0.1) is 13.8 Å². The van der Waals surface area contributed by atoms with Crippen molar-refractivity contribution < 1.29 is 77.7 Å². The second-order valence-corrected chi connectivity index (χ2v) is 13.6. The Hall–Kier alpha value is -0.640. The van der Waals surface area contributed by atoms with E-state index in [-0.39, 0.29) is 31.2 Å². The van der Waals surface area contributed by atoms with Gasteiger partial charge in [0.1, 0.15) is 11.6 Å². The third kappa shape index (κ3) is 11.1. The lowest BCUT2D eigenvalue weighted by atomic mass is 10.2. The fourth-order valence-electron chi connectivity index (χ4n) is 2.40. The van der Waals surface area contributed by atoms with Gasteiger partial charge in [0, 0.05) is 13.1 Å². The summed E-state index contributed by atoms with van der Waals surface area (Å²) in [7, 11) is -21.7. The first kappa shape index (κ1) is 32.4. The molecular formula is C12H21ClN4O13P4S. The Bertz CT molecular complexity index is 1230. The first-order valence-corrected chi connectivity index (χ1v) is 15.9. The number of nitrogen functional groups attached to an aromatic ring is 1. The topological polar surface area (TPSA) is 262 Å². The van der Waals surface area contributed by atoms with E-state index in [2.05, 4.69) is 27.9 Å². The summed E-state index contributed by atoms with van der Waals surface area (Å²) in [5.74, 6) is 0.767. The number of thiazole rings is 1. The number of hydrogen-bond acceptors (Lipinski definition) is 12. The van der Waals surface area contributed by atoms with Crippen LogP contribution in [-0.4, -0.2) is 40.6 Å². The van der Waals surface area contributed by atoms with Gasteiger partial charge in [-0.3, -0.25) is 4.57 Å². The van der Waals surface area contributed by atoms with Crippen molar-refractivity contribution in [2.45, 2.75) is 26.8 Å². The predicted octanol–water partition coefficient (Wildman–Crippen LogP) is -1.92. The monoisotopic (exact) mass is 620 g/mol. The van der Waals surface area contributed by atoms with E-state index in [1.807, 2.05) is 0 Å². The zero-order valence-electron chi connectivity index (χ0n) is 17.8. The molecule has 0 radical (unpaired) electrons. The van der Waals surface area contributed by atoms with Crippen molar-refractivity contribution in [2.24, 2.45) is 0 Å². The summed E-state index contributed by atoms with van der Waals surface area (Å²) in [6.07, 6.45) is 0.566. The molecule has 7 N–H and O–H groups in total. The predicted molar refractivity (Wildman–Crippen MR) is 114 cm³/mol. The molecule has 17 nitrogen and oxygen atoms in total. The first-order chi connectivity index (χ1) is 15.4. The Morgan fingerprint density at radius 3 is 2.20 bits per heavy atom. The second-order valence-electron chi connectivity index (χ2n) is 6.53. The van der Waals surface area contributed by atoms with Gasteiger partial charge in [0.2, 0.25) is 5.51 Å². The van der Waals surface area contributed by atoms with Gasteiger partial charge >= 0.3 is 31.1 Å². The zero-order chi connectivity index (χ0) is 25.9. The summed E-state index contributed by atoms with van der Waals surface area (Å²) in [5.41, 5.74) is 8.81. The van der Waals surface area contributed by atoms with E-state index in [1.54, 1.807) is 30.1 Å². The lowest BCUT2D eigenvalue weighted by molar-refractivity contribution is -0.689. The number of hydrogen-bond donors (Lipinski definition) is 6. The number of halogens is 1. The summed E-state index contributed by atoms with van der Waals surface area (Å²) in [5, 5.41) is 0. The van der Waals surface area contributed by atoms with E-state index in [0.717, 1.165) is 11.3 Å². The molecule has 2 heterocycles. The van der Waals surface area contributed by atoms with Crippen molar-refractivity contribution in [1.82, 2.24) is 9.97 Å². The Kier molecular flexibility index (Phi) is 11.4. The molecule has 23 heteroatoms. The minimum absolute atomic E-state index is 0. The van der Waals surface area contributed by atoms with Crippen molar-refractivity contribution >= 4 is 48.2 Å². The van der Waals surface area contributed by atoms with Gasteiger partial charge in [0.25, 0.3) is 0 Å². The summed E-state index contributed by atoms with van der Waals surface area (Å²) >= 11 is 1.16. The van der Waals surface area contributed by atoms with Crippen LogP contribution in [0.5, 0.6) is 0 Å². The van der Waals surface area contributed by atoms with Crippen molar-refractivity contribution in [2.75, 3.05) is 11.9 Å². The molecule has 0 bridgehead atoms. The highest BCUT2D eigenvalue weighted by molar-refractivity contribution is 7.68. The number of nitrogens with two attached hydrogens (primary N) is 1. The minimum Gasteiger partial charge on any atom is -1.00 e. The molecule has 0 amide bonds. The maximum absolute atomic E-state index is 12.8. The largest absolute Gasteiger partial charge is 1.00 e. The van der Waals surface area contributed by atoms with Crippen LogP contribution in [0.1, 0.15) is 22.0 Å². The van der Waals surface area contributed by atoms with Crippen molar-refractivity contribution in [3.05, 3.63) is 33.7 Å². The molecule has 35 heavy (non-hydrogen) atoms. The molecule has 0 aliphatic heterocycles. The van der Waals surface area contributed by atoms with E-state index in [1.165, 1.54) is 0 Å². The van der Waals surface area contributed by atoms with Gasteiger partial charge in [-0.15, -0.1) is 9.35 Å². The fraction of sp³-hybridized carbons (Fsp3) is 0.417. The number of aryl methyl sites for hydroxylation is 2. The summed E-state index contributed by atoms with van der Waals surface area (Å²) < 4.78 is 63.6. The highest BCUT2D eigenvalue weighted by Crippen LogP contribution is 2.68. The van der Waals surface area contributed by atoms with Gasteiger partial charge in [-0.25, -0.2) is 28.0 Å². The molecule has 0 saturated carbocycles. The second kappa shape index (κ2) is 12.3. The lowest BCUT2D eigenvalue weighted by Gasteiger charge is -2.19. The molecule has 200 valence electrons. The first-order valence-electron chi connectivity index (χ1n) is 8.76. The number of aromatic nitrogens is 3. The SMILES string of the molecule is Cc1ncc(C[n+]2csc(CCP(=O)(OOP(=O)(O)O)OP(=O)(O)OP(=O)(O)O)c2C)c(N)n1.[Cl-]. The highest BCUT2D eigenvalue weighted by Gasteiger charge is 2.43. The van der Waals surface area contributed by atoms with Gasteiger partial charge in [-0.1, -0.05) is 11.3 Å². The van der Waals surface area contributed by atoms with E-state index < -0.39 is 37.2 Å². The van der Waals surface area contributed by atoms with E-state index in [4.69, 9.17) is 25.3 Å². The smallest absolute Gasteiger partial charge is 0.497 e. The Balaban J connectivity index is 0.00000612. The average Bonchev–Trinajstić information content (AvgIpc) is 2.98. The summed E-state index contributed by atoms with van der Waals surface area (Å²) in [6.45, 7) is 3.64. The van der Waals surface area contributed by atoms with Gasteiger partial charge in [-0.2, -0.15) is 8.88 Å². The van der Waals surface area contributed by atoms with Crippen LogP contribution in [0.3, 0.4) is 0 Å². The van der Waals surface area contributed by atoms with Crippen LogP contribution in [0.25, 0.3) is 0 Å². The fourth-order valence-corrected chi connectivity index (χ4v) is 8.02. The van der Waals surface area contributed by atoms with Crippen LogP contribution >= 0.6 is 42.4 Å². The third-order valence-corrected chi connectivity index (χ3v) is 9.91. The molecule has 2 aromatic heterocycles. The summed E-state index contributed by atoms with van der Waals surface area (Å²) in [6, 6.07) is 0. The number of anilines is 1. The molecule has 0 saturated heterocycles. The van der Waals surface area contributed by atoms with E-state index in [9.17, 15) is 23.2 Å². The molecule has 0 aromatic carbocycles. The molecule has 0 spiro atoms. The molecule has 0 fully saturated rings. The number of rotatable bonds is 12. The van der Waals surface area contributed by atoms with Gasteiger partial charge in [0.15, 0.2) is 12.2 Å². The lowest BCUT2D eigenvalue weighted by Crippen LogP contribution is -3.00. The maximum Gasteiger partial charge on any atom is 0.497 e. The zero-order valence-corrected chi connectivity index (χ0v) is 22.9. The maximum atomic E-state index is 12.8. The van der Waals surface area contributed by atoms with E-state index in [0.29, 0.717) is 22.0 Å². The van der Waals surface area contributed by atoms with Gasteiger partial charge in [0.05, 0.1) is 16.6 Å². The number of nitrogens with zero attached hydrogens (tertiary/aromatic N) is 3. The quantitative estimate of drug-likeness (QED) is 0.0653. The van der Waals surface area contributed by atoms with Crippen LogP contribution in [-0.2, 0) is 49.2 Å². The molecule has 0 aliphatic carbocycles. The van der Waals surface area contributed by atoms with Gasteiger partial charge < -0.3 is 42.6 Å². The van der Waals surface area contributed by atoms with Gasteiger partial charge in [-0.05, 0) is 13.3 Å². The highest BCUT2D eigenvalue weighted by atomic mass is 35.5. The molecule has 2 unspecified atom stereocenters. The standard InChI is InChI=1S/C12H20N4O13P4S.ClH/c1-8-11(34-7-16(8)6-10-5-14-9(2)15-12(10)13)3-4-30(17,26-27-31(18,19)20)28-33(24,25)29-32(21,22)23;/h5,7H,3-4,6H2,1-2H3,(H6-,13,14,15,18,19,20,21,22,23,24,25);1H. The average molecular weight is 621 g/mol. The van der Waals surface area contributed by atoms with Crippen molar-refractivity contribution in [3.63, 3.8) is 0 Å².